The van der Waals surface area contributed by atoms with Gasteiger partial charge in [0.1, 0.15) is 15.2 Å². The number of hydrogen-bond donors (Lipinski definition) is 1. The van der Waals surface area contributed by atoms with Crippen molar-refractivity contribution in [2.24, 2.45) is 12.8 Å². The number of carbonyl (C=O) groups is 1. The summed E-state index contributed by atoms with van der Waals surface area (Å²) in [5.74, 6) is 1.38. The van der Waals surface area contributed by atoms with Crippen LogP contribution in [0.5, 0.6) is 22.3 Å². The van der Waals surface area contributed by atoms with Crippen molar-refractivity contribution in [3.05, 3.63) is 39.8 Å². The van der Waals surface area contributed by atoms with Gasteiger partial charge in [-0.2, -0.15) is 5.10 Å². The average molecular weight is 446 g/mol. The van der Waals surface area contributed by atoms with Gasteiger partial charge in [-0.1, -0.05) is 17.4 Å². The number of aryl methyl sites for hydroxylation is 1. The first kappa shape index (κ1) is 16.4. The summed E-state index contributed by atoms with van der Waals surface area (Å²) in [5, 5.41) is 7.45. The molecule has 1 aliphatic rings. The molecule has 0 bridgehead atoms. The van der Waals surface area contributed by atoms with E-state index in [2.05, 4.69) is 21.0 Å². The van der Waals surface area contributed by atoms with E-state index < -0.39 is 5.91 Å². The Morgan fingerprint density at radius 1 is 1.26 bits per heavy atom. The minimum absolute atomic E-state index is 0.191. The van der Waals surface area contributed by atoms with Crippen molar-refractivity contribution in [1.82, 2.24) is 9.78 Å². The van der Waals surface area contributed by atoms with E-state index >= 15 is 0 Å². The molecule has 3 heterocycles. The van der Waals surface area contributed by atoms with Gasteiger partial charge in [-0.05, 0) is 34.1 Å². The van der Waals surface area contributed by atoms with Crippen LogP contribution in [0.2, 0.25) is 0 Å². The molecule has 27 heavy (non-hydrogen) atoms. The Balaban J connectivity index is 1.74. The SMILES string of the molecule is Cn1nc(Br)c2ccc3c(C(N)=O)sc(Oc4ccc5c(c4)OCO5)c3c21. The van der Waals surface area contributed by atoms with E-state index in [4.69, 9.17) is 19.9 Å². The molecule has 2 aromatic carbocycles. The Kier molecular flexibility index (Phi) is 3.56. The molecule has 0 aliphatic carbocycles. The van der Waals surface area contributed by atoms with Crippen LogP contribution in [0.25, 0.3) is 21.7 Å². The number of primary amides is 1. The number of halogens is 1. The predicted octanol–water partition coefficient (Wildman–Crippen LogP) is 4.17. The molecule has 9 heteroatoms. The van der Waals surface area contributed by atoms with Crippen molar-refractivity contribution in [1.29, 1.82) is 0 Å². The van der Waals surface area contributed by atoms with Crippen LogP contribution in [-0.2, 0) is 7.05 Å². The molecule has 0 saturated carbocycles. The third-order valence-electron chi connectivity index (χ3n) is 4.38. The van der Waals surface area contributed by atoms with Gasteiger partial charge in [-0.15, -0.1) is 0 Å². The van der Waals surface area contributed by atoms with Gasteiger partial charge in [0.05, 0.1) is 10.9 Å². The van der Waals surface area contributed by atoms with Crippen molar-refractivity contribution in [2.75, 3.05) is 6.79 Å². The second-order valence-electron chi connectivity index (χ2n) is 6.00. The molecule has 136 valence electrons. The zero-order chi connectivity index (χ0) is 18.7. The van der Waals surface area contributed by atoms with Gasteiger partial charge >= 0.3 is 0 Å². The number of rotatable bonds is 3. The molecule has 1 amide bonds. The lowest BCUT2D eigenvalue weighted by molar-refractivity contribution is 0.101. The molecule has 5 rings (SSSR count). The maximum absolute atomic E-state index is 12.0. The van der Waals surface area contributed by atoms with Crippen LogP contribution < -0.4 is 19.9 Å². The molecule has 0 spiro atoms. The monoisotopic (exact) mass is 445 g/mol. The minimum atomic E-state index is -0.494. The molecule has 4 aromatic rings. The van der Waals surface area contributed by atoms with Gasteiger partial charge in [-0.3, -0.25) is 9.48 Å². The second kappa shape index (κ2) is 5.86. The highest BCUT2D eigenvalue weighted by atomic mass is 79.9. The van der Waals surface area contributed by atoms with Gasteiger partial charge in [0, 0.05) is 23.9 Å². The number of nitrogens with two attached hydrogens (primary N) is 1. The van der Waals surface area contributed by atoms with Crippen LogP contribution in [0.3, 0.4) is 0 Å². The molecule has 2 N–H and O–H groups in total. The van der Waals surface area contributed by atoms with Crippen molar-refractivity contribution in [3.63, 3.8) is 0 Å². The molecular weight excluding hydrogens is 434 g/mol. The molecule has 2 aromatic heterocycles. The maximum atomic E-state index is 12.0. The first-order chi connectivity index (χ1) is 13.0. The molecule has 1 aliphatic heterocycles. The average Bonchev–Trinajstić information content (AvgIpc) is 3.31. The van der Waals surface area contributed by atoms with E-state index in [1.165, 1.54) is 11.3 Å². The van der Waals surface area contributed by atoms with E-state index in [0.717, 1.165) is 26.3 Å². The molecule has 0 atom stereocenters. The summed E-state index contributed by atoms with van der Waals surface area (Å²) in [6.45, 7) is 0.191. The predicted molar refractivity (Wildman–Crippen MR) is 105 cm³/mol. The summed E-state index contributed by atoms with van der Waals surface area (Å²) in [6, 6.07) is 9.13. The first-order valence-corrected chi connectivity index (χ1v) is 9.59. The Bertz CT molecular complexity index is 1250. The lowest BCUT2D eigenvalue weighted by Gasteiger charge is -2.06. The topological polar surface area (TPSA) is 88.6 Å². The third-order valence-corrected chi connectivity index (χ3v) is 6.07. The fourth-order valence-electron chi connectivity index (χ4n) is 3.23. The van der Waals surface area contributed by atoms with Gasteiger partial charge in [0.25, 0.3) is 5.91 Å². The summed E-state index contributed by atoms with van der Waals surface area (Å²) >= 11 is 4.69. The van der Waals surface area contributed by atoms with Crippen LogP contribution in [0, 0.1) is 0 Å². The van der Waals surface area contributed by atoms with E-state index in [9.17, 15) is 4.79 Å². The third kappa shape index (κ3) is 2.46. The number of nitrogens with zero attached hydrogens (tertiary/aromatic N) is 2. The summed E-state index contributed by atoms with van der Waals surface area (Å²) in [7, 11) is 1.85. The molecule has 0 saturated heterocycles. The number of hydrogen-bond acceptors (Lipinski definition) is 6. The Morgan fingerprint density at radius 3 is 2.85 bits per heavy atom. The summed E-state index contributed by atoms with van der Waals surface area (Å²) in [5.41, 5.74) is 6.46. The van der Waals surface area contributed by atoms with Gasteiger partial charge in [-0.25, -0.2) is 0 Å². The van der Waals surface area contributed by atoms with Crippen molar-refractivity contribution in [3.8, 4) is 22.3 Å². The highest BCUT2D eigenvalue weighted by Crippen LogP contribution is 2.46. The number of thiophene rings is 1. The normalized spacial score (nSPS) is 12.8. The van der Waals surface area contributed by atoms with Crippen molar-refractivity contribution in [2.45, 2.75) is 0 Å². The van der Waals surface area contributed by atoms with Crippen LogP contribution in [0.15, 0.2) is 34.9 Å². The summed E-state index contributed by atoms with van der Waals surface area (Å²) in [4.78, 5) is 12.4. The highest BCUT2D eigenvalue weighted by molar-refractivity contribution is 9.10. The summed E-state index contributed by atoms with van der Waals surface area (Å²) in [6.07, 6.45) is 0. The van der Waals surface area contributed by atoms with E-state index in [-0.39, 0.29) is 6.79 Å². The number of benzene rings is 2. The fraction of sp³-hybridized carbons (Fsp3) is 0.111. The minimum Gasteiger partial charge on any atom is -0.454 e. The smallest absolute Gasteiger partial charge is 0.259 e. The number of carbonyl (C=O) groups excluding carboxylic acids is 1. The van der Waals surface area contributed by atoms with Crippen molar-refractivity contribution >= 4 is 54.8 Å². The van der Waals surface area contributed by atoms with Crippen LogP contribution in [-0.4, -0.2) is 22.5 Å². The fourth-order valence-corrected chi connectivity index (χ4v) is 4.80. The number of fused-ring (bicyclic) bond motifs is 4. The zero-order valence-corrected chi connectivity index (χ0v) is 16.4. The summed E-state index contributed by atoms with van der Waals surface area (Å²) < 4.78 is 19.4. The van der Waals surface area contributed by atoms with Crippen molar-refractivity contribution < 1.29 is 19.0 Å². The van der Waals surface area contributed by atoms with Crippen LogP contribution >= 0.6 is 27.3 Å². The Morgan fingerprint density at radius 2 is 2.04 bits per heavy atom. The van der Waals surface area contributed by atoms with E-state index in [1.807, 2.05) is 19.2 Å². The lowest BCUT2D eigenvalue weighted by Crippen LogP contribution is -2.08. The van der Waals surface area contributed by atoms with Crippen LogP contribution in [0.1, 0.15) is 9.67 Å². The largest absolute Gasteiger partial charge is 0.454 e. The van der Waals surface area contributed by atoms with Gasteiger partial charge in [0.15, 0.2) is 16.6 Å². The maximum Gasteiger partial charge on any atom is 0.259 e. The second-order valence-corrected chi connectivity index (χ2v) is 7.73. The first-order valence-electron chi connectivity index (χ1n) is 7.98. The van der Waals surface area contributed by atoms with Gasteiger partial charge < -0.3 is 19.9 Å². The molecule has 0 radical (unpaired) electrons. The van der Waals surface area contributed by atoms with E-state index in [1.54, 1.807) is 22.9 Å². The van der Waals surface area contributed by atoms with E-state index in [0.29, 0.717) is 27.2 Å². The number of amides is 1. The molecule has 0 unspecified atom stereocenters. The lowest BCUT2D eigenvalue weighted by atomic mass is 10.1. The highest BCUT2D eigenvalue weighted by Gasteiger charge is 2.23. The van der Waals surface area contributed by atoms with Crippen LogP contribution in [0.4, 0.5) is 0 Å². The molecule has 0 fully saturated rings. The standard InChI is InChI=1S/C18H12BrN3O4S/c1-22-14-10(16(19)21-22)4-3-9-13(14)18(27-15(9)17(20)23)26-8-2-5-11-12(6-8)25-7-24-11/h2-6H,7H2,1H3,(H2,20,23). The molecular formula is C18H12BrN3O4S. The quantitative estimate of drug-likeness (QED) is 0.511. The zero-order valence-electron chi connectivity index (χ0n) is 14.0. The Labute approximate surface area is 165 Å². The Hall–Kier alpha value is -2.78. The van der Waals surface area contributed by atoms with Gasteiger partial charge in [0.2, 0.25) is 6.79 Å². The molecule has 7 nitrogen and oxygen atoms in total. The number of ether oxygens (including phenoxy) is 3. The number of aromatic nitrogens is 2.